The molecule has 0 aliphatic carbocycles. The fraction of sp³-hybridized carbons (Fsp3) is 0.765. The molecule has 0 saturated heterocycles. The van der Waals surface area contributed by atoms with Gasteiger partial charge < -0.3 is 0 Å². The summed E-state index contributed by atoms with van der Waals surface area (Å²) in [6.07, 6.45) is 13.2. The van der Waals surface area contributed by atoms with Gasteiger partial charge in [-0.05, 0) is 29.9 Å². The van der Waals surface area contributed by atoms with Crippen LogP contribution in [0.5, 0.6) is 0 Å². The normalized spacial score (nSPS) is 12.8. The SMILES string of the molecule is CCCCCCCCCCC(NN)c1sccc1CC. The van der Waals surface area contributed by atoms with Gasteiger partial charge in [0.25, 0.3) is 0 Å². The number of thiophene rings is 1. The first-order valence-corrected chi connectivity index (χ1v) is 9.23. The van der Waals surface area contributed by atoms with E-state index < -0.39 is 0 Å². The van der Waals surface area contributed by atoms with Crippen LogP contribution >= 0.6 is 11.3 Å². The second-order valence-electron chi connectivity index (χ2n) is 5.65. The quantitative estimate of drug-likeness (QED) is 0.310. The van der Waals surface area contributed by atoms with Crippen molar-refractivity contribution >= 4 is 11.3 Å². The topological polar surface area (TPSA) is 38.0 Å². The molecule has 2 nitrogen and oxygen atoms in total. The molecule has 0 aliphatic heterocycles. The predicted molar refractivity (Wildman–Crippen MR) is 91.0 cm³/mol. The molecular weight excluding hydrogens is 264 g/mol. The summed E-state index contributed by atoms with van der Waals surface area (Å²) in [4.78, 5) is 1.44. The van der Waals surface area contributed by atoms with Gasteiger partial charge in [-0.3, -0.25) is 11.3 Å². The Kier molecular flexibility index (Phi) is 9.98. The standard InChI is InChI=1S/C17H32N2S/c1-3-5-6-7-8-9-10-11-12-16(19-18)17-15(4-2)13-14-20-17/h13-14,16,19H,3-12,18H2,1-2H3. The zero-order valence-electron chi connectivity index (χ0n) is 13.3. The lowest BCUT2D eigenvalue weighted by molar-refractivity contribution is 0.478. The Morgan fingerprint density at radius 2 is 1.70 bits per heavy atom. The van der Waals surface area contributed by atoms with Gasteiger partial charge in [0.1, 0.15) is 0 Å². The van der Waals surface area contributed by atoms with Crippen molar-refractivity contribution in [1.29, 1.82) is 0 Å². The van der Waals surface area contributed by atoms with E-state index in [0.29, 0.717) is 6.04 Å². The summed E-state index contributed by atoms with van der Waals surface area (Å²) < 4.78 is 0. The van der Waals surface area contributed by atoms with E-state index in [1.54, 1.807) is 0 Å². The van der Waals surface area contributed by atoms with Crippen molar-refractivity contribution in [1.82, 2.24) is 5.43 Å². The minimum absolute atomic E-state index is 0.352. The number of nitrogens with one attached hydrogen (secondary N) is 1. The summed E-state index contributed by atoms with van der Waals surface area (Å²) in [5.74, 6) is 5.74. The van der Waals surface area contributed by atoms with Gasteiger partial charge in [-0.1, -0.05) is 65.2 Å². The molecule has 0 fully saturated rings. The van der Waals surface area contributed by atoms with Crippen molar-refractivity contribution in [3.05, 3.63) is 21.9 Å². The number of rotatable bonds is 12. The summed E-state index contributed by atoms with van der Waals surface area (Å²) in [5.41, 5.74) is 4.46. The molecule has 1 unspecified atom stereocenters. The van der Waals surface area contributed by atoms with Gasteiger partial charge >= 0.3 is 0 Å². The maximum absolute atomic E-state index is 5.74. The molecule has 1 atom stereocenters. The van der Waals surface area contributed by atoms with Crippen LogP contribution in [0.2, 0.25) is 0 Å². The summed E-state index contributed by atoms with van der Waals surface area (Å²) in [6, 6.07) is 2.59. The molecule has 1 rings (SSSR count). The zero-order chi connectivity index (χ0) is 14.6. The van der Waals surface area contributed by atoms with Crippen LogP contribution in [0.4, 0.5) is 0 Å². The van der Waals surface area contributed by atoms with Gasteiger partial charge in [0.2, 0.25) is 0 Å². The Morgan fingerprint density at radius 1 is 1.05 bits per heavy atom. The molecule has 0 aromatic carbocycles. The van der Waals surface area contributed by atoms with Crippen LogP contribution in [0, 0.1) is 0 Å². The van der Waals surface area contributed by atoms with Gasteiger partial charge in [-0.25, -0.2) is 0 Å². The summed E-state index contributed by atoms with van der Waals surface area (Å²) in [7, 11) is 0. The first-order valence-electron chi connectivity index (χ1n) is 8.35. The molecule has 1 aromatic rings. The van der Waals surface area contributed by atoms with E-state index >= 15 is 0 Å². The maximum Gasteiger partial charge on any atom is 0.0556 e. The molecule has 1 aromatic heterocycles. The third kappa shape index (κ3) is 6.38. The molecular formula is C17H32N2S. The smallest absolute Gasteiger partial charge is 0.0556 e. The van der Waals surface area contributed by atoms with Gasteiger partial charge in [0.05, 0.1) is 6.04 Å². The molecule has 0 aliphatic rings. The molecule has 0 saturated carbocycles. The van der Waals surface area contributed by atoms with Crippen molar-refractivity contribution in [2.24, 2.45) is 5.84 Å². The zero-order valence-corrected chi connectivity index (χ0v) is 14.1. The molecule has 20 heavy (non-hydrogen) atoms. The third-order valence-corrected chi connectivity index (χ3v) is 5.10. The number of unbranched alkanes of at least 4 members (excludes halogenated alkanes) is 7. The van der Waals surface area contributed by atoms with E-state index in [4.69, 9.17) is 5.84 Å². The minimum atomic E-state index is 0.352. The predicted octanol–water partition coefficient (Wildman–Crippen LogP) is 5.35. The van der Waals surface area contributed by atoms with Crippen molar-refractivity contribution < 1.29 is 0 Å². The molecule has 1 heterocycles. The molecule has 0 radical (unpaired) electrons. The summed E-state index contributed by atoms with van der Waals surface area (Å²) in [6.45, 7) is 4.49. The highest BCUT2D eigenvalue weighted by atomic mass is 32.1. The van der Waals surface area contributed by atoms with E-state index in [9.17, 15) is 0 Å². The highest BCUT2D eigenvalue weighted by Crippen LogP contribution is 2.28. The van der Waals surface area contributed by atoms with Crippen molar-refractivity contribution in [2.45, 2.75) is 84.1 Å². The van der Waals surface area contributed by atoms with E-state index in [2.05, 4.69) is 30.7 Å². The number of hydrogen-bond donors (Lipinski definition) is 2. The molecule has 3 N–H and O–H groups in total. The average Bonchev–Trinajstić information content (AvgIpc) is 2.94. The largest absolute Gasteiger partial charge is 0.271 e. The highest BCUT2D eigenvalue weighted by Gasteiger charge is 2.14. The van der Waals surface area contributed by atoms with Crippen molar-refractivity contribution in [3.8, 4) is 0 Å². The van der Waals surface area contributed by atoms with Crippen LogP contribution in [0.1, 0.15) is 88.1 Å². The summed E-state index contributed by atoms with van der Waals surface area (Å²) in [5, 5.41) is 2.19. The first-order chi connectivity index (χ1) is 9.83. The van der Waals surface area contributed by atoms with Gasteiger partial charge in [0, 0.05) is 4.88 Å². The molecule has 0 spiro atoms. The van der Waals surface area contributed by atoms with Gasteiger partial charge in [-0.15, -0.1) is 11.3 Å². The lowest BCUT2D eigenvalue weighted by Gasteiger charge is -2.16. The molecule has 116 valence electrons. The monoisotopic (exact) mass is 296 g/mol. The molecule has 3 heteroatoms. The first kappa shape index (κ1) is 17.7. The van der Waals surface area contributed by atoms with Crippen LogP contribution < -0.4 is 11.3 Å². The van der Waals surface area contributed by atoms with Crippen molar-refractivity contribution in [2.75, 3.05) is 0 Å². The Labute approximate surface area is 129 Å². The molecule has 0 bridgehead atoms. The second kappa shape index (κ2) is 11.3. The fourth-order valence-corrected chi connectivity index (χ4v) is 3.81. The van der Waals surface area contributed by atoms with Crippen LogP contribution in [0.15, 0.2) is 11.4 Å². The fourth-order valence-electron chi connectivity index (χ4n) is 2.72. The number of aryl methyl sites for hydroxylation is 1. The number of hydrazine groups is 1. The number of hydrogen-bond acceptors (Lipinski definition) is 3. The Bertz CT molecular complexity index is 335. The summed E-state index contributed by atoms with van der Waals surface area (Å²) >= 11 is 1.84. The van der Waals surface area contributed by atoms with E-state index in [1.807, 2.05) is 11.3 Å². The van der Waals surface area contributed by atoms with Crippen molar-refractivity contribution in [3.63, 3.8) is 0 Å². The van der Waals surface area contributed by atoms with Gasteiger partial charge in [0.15, 0.2) is 0 Å². The Morgan fingerprint density at radius 3 is 2.30 bits per heavy atom. The van der Waals surface area contributed by atoms with E-state index in [0.717, 1.165) is 6.42 Å². The third-order valence-electron chi connectivity index (χ3n) is 4.03. The highest BCUT2D eigenvalue weighted by molar-refractivity contribution is 7.10. The Balaban J connectivity index is 2.16. The van der Waals surface area contributed by atoms with Crippen LogP contribution in [0.25, 0.3) is 0 Å². The van der Waals surface area contributed by atoms with Crippen LogP contribution in [-0.4, -0.2) is 0 Å². The second-order valence-corrected chi connectivity index (χ2v) is 6.59. The Hall–Kier alpha value is -0.380. The lowest BCUT2D eigenvalue weighted by Crippen LogP contribution is -2.28. The maximum atomic E-state index is 5.74. The van der Waals surface area contributed by atoms with E-state index in [-0.39, 0.29) is 0 Å². The molecule has 0 amide bonds. The van der Waals surface area contributed by atoms with Gasteiger partial charge in [-0.2, -0.15) is 0 Å². The van der Waals surface area contributed by atoms with E-state index in [1.165, 1.54) is 68.2 Å². The minimum Gasteiger partial charge on any atom is -0.271 e. The number of nitrogens with two attached hydrogens (primary N) is 1. The van der Waals surface area contributed by atoms with Crippen LogP contribution in [0.3, 0.4) is 0 Å². The average molecular weight is 297 g/mol. The lowest BCUT2D eigenvalue weighted by atomic mass is 10.0. The van der Waals surface area contributed by atoms with Crippen LogP contribution in [-0.2, 0) is 6.42 Å².